The summed E-state index contributed by atoms with van der Waals surface area (Å²) < 4.78 is 242. The molecule has 0 aromatic rings. The third-order valence-electron chi connectivity index (χ3n) is 26.5. The molecule has 28 heteroatoms. The van der Waals surface area contributed by atoms with Crippen LogP contribution in [0.3, 0.4) is 0 Å². The number of hydrogen-bond donors (Lipinski definition) is 5. The van der Waals surface area contributed by atoms with Crippen LogP contribution in [0.1, 0.15) is 105 Å². The molecule has 29 atom stereocenters. The zero-order chi connectivity index (χ0) is 65.2. The normalized spacial score (nSPS) is 44.9. The van der Waals surface area contributed by atoms with Gasteiger partial charge >= 0.3 is 60.9 Å². The highest BCUT2D eigenvalue weighted by molar-refractivity contribution is 5.96. The Morgan fingerprint density at radius 2 is 0.807 bits per heavy atom. The van der Waals surface area contributed by atoms with Gasteiger partial charge in [-0.25, -0.2) is 0 Å². The number of fused-ring (bicyclic) bond motifs is 27. The number of allylic oxidation sites excluding steroid dienone is 2. The quantitative estimate of drug-likeness (QED) is 0.0440. The molecule has 11 saturated carbocycles. The monoisotopic (exact) mass is 1290 g/mol. The molecule has 498 valence electrons. The second kappa shape index (κ2) is 21.0. The van der Waals surface area contributed by atoms with E-state index in [1.807, 2.05) is 13.8 Å². The van der Waals surface area contributed by atoms with Crippen molar-refractivity contribution < 1.29 is 128 Å². The van der Waals surface area contributed by atoms with Crippen LogP contribution in [0.2, 0.25) is 0 Å². The number of hydrogen-bond acceptors (Lipinski definition) is 8. The lowest BCUT2D eigenvalue weighted by Crippen LogP contribution is -2.58. The predicted octanol–water partition coefficient (Wildman–Crippen LogP) is 13.1. The molecule has 5 N–H and O–H groups in total. The van der Waals surface area contributed by atoms with Crippen molar-refractivity contribution in [3.8, 4) is 0 Å². The molecule has 0 amide bonds. The van der Waals surface area contributed by atoms with E-state index in [9.17, 15) is 124 Å². The van der Waals surface area contributed by atoms with Crippen molar-refractivity contribution in [3.63, 3.8) is 0 Å². The van der Waals surface area contributed by atoms with E-state index in [0.29, 0.717) is 43.4 Å². The number of rotatable bonds is 11. The lowest BCUT2D eigenvalue weighted by molar-refractivity contribution is -0.374. The highest BCUT2D eigenvalue weighted by Crippen LogP contribution is 2.76. The summed E-state index contributed by atoms with van der Waals surface area (Å²) in [5.41, 5.74) is -14.1. The van der Waals surface area contributed by atoms with Crippen LogP contribution in [0.4, 0.5) is 79.0 Å². The zero-order valence-electron chi connectivity index (χ0n) is 48.0. The molecule has 13 rings (SSSR count). The van der Waals surface area contributed by atoms with E-state index >= 15 is 0 Å². The highest BCUT2D eigenvalue weighted by Gasteiger charge is 2.77. The summed E-state index contributed by atoms with van der Waals surface area (Å²) in [6.07, 6.45) is -29.5. The summed E-state index contributed by atoms with van der Waals surface area (Å²) in [5, 5.41) is 48.2. The van der Waals surface area contributed by atoms with Gasteiger partial charge in [-0.05, 0) is 225 Å². The number of esters is 2. The van der Waals surface area contributed by atoms with Crippen LogP contribution in [0, 0.1) is 172 Å². The predicted molar refractivity (Wildman–Crippen MR) is 266 cm³/mol. The molecule has 0 aromatic heterocycles. The van der Waals surface area contributed by atoms with Gasteiger partial charge in [-0.2, -0.15) is 79.0 Å². The minimum atomic E-state index is -5.86. The number of aliphatic carboxylic acids is 2. The fraction of sp³-hybridized carbons (Fsp3) is 0.900. The van der Waals surface area contributed by atoms with Crippen LogP contribution in [0.15, 0.2) is 12.2 Å². The van der Waals surface area contributed by atoms with Crippen LogP contribution in [-0.2, 0) is 23.9 Å². The number of carboxylic acids is 2. The number of aliphatic hydroxyl groups is 3. The van der Waals surface area contributed by atoms with E-state index in [4.69, 9.17) is 4.74 Å². The summed E-state index contributed by atoms with van der Waals surface area (Å²) in [6, 6.07) is 0. The molecule has 88 heavy (non-hydrogen) atoms. The van der Waals surface area contributed by atoms with Gasteiger partial charge in [-0.1, -0.05) is 39.8 Å². The molecule has 29 unspecified atom stereocenters. The molecule has 10 nitrogen and oxygen atoms in total. The van der Waals surface area contributed by atoms with Gasteiger partial charge in [0.2, 0.25) is 0 Å². The maximum Gasteiger partial charge on any atom is 0.426 e. The molecular formula is C60H72F18O10. The van der Waals surface area contributed by atoms with Crippen molar-refractivity contribution in [1.82, 2.24) is 0 Å². The van der Waals surface area contributed by atoms with Crippen LogP contribution < -0.4 is 0 Å². The maximum atomic E-state index is 13.3. The van der Waals surface area contributed by atoms with Gasteiger partial charge in [0.1, 0.15) is 0 Å². The second-order valence-electron chi connectivity index (χ2n) is 29.6. The van der Waals surface area contributed by atoms with Gasteiger partial charge in [-0.15, -0.1) is 0 Å². The first-order chi connectivity index (χ1) is 40.2. The van der Waals surface area contributed by atoms with Crippen LogP contribution in [0.25, 0.3) is 0 Å². The fourth-order valence-electron chi connectivity index (χ4n) is 23.5. The molecule has 1 aliphatic heterocycles. The SMILES string of the molecule is CC(C(=O)O)C(C(=O)O)C1C(C)C2CC1C1C3CC(CC3CC(O)(C(F)(F)F)C(F)(F)F)C21.CC1C(=O)OC(=O)C1C1C(C)C2CC1C1C3CC(CC3CC(O)(C(F)(F)F)C(F)(F)F)C21.OC(CC1CC2CC1C1C3C=CC(C3)C21)(C(F)(F)F)C(F)(F)F. The minimum absolute atomic E-state index is 0.0198. The first kappa shape index (κ1) is 65.9. The molecule has 0 spiro atoms. The third kappa shape index (κ3) is 9.62. The van der Waals surface area contributed by atoms with E-state index < -0.39 is 150 Å². The number of alkyl halides is 18. The molecule has 1 saturated heterocycles. The lowest BCUT2D eigenvalue weighted by Gasteiger charge is -2.47. The Kier molecular flexibility index (Phi) is 15.7. The first-order valence-corrected chi connectivity index (χ1v) is 30.7. The molecule has 1 heterocycles. The number of halogens is 18. The van der Waals surface area contributed by atoms with Crippen LogP contribution >= 0.6 is 0 Å². The van der Waals surface area contributed by atoms with E-state index in [-0.39, 0.29) is 113 Å². The Bertz CT molecular complexity index is 2730. The maximum absolute atomic E-state index is 13.3. The van der Waals surface area contributed by atoms with Crippen molar-refractivity contribution in [2.45, 2.75) is 159 Å². The molecular weight excluding hydrogens is 1220 g/mol. The molecule has 0 radical (unpaired) electrons. The Morgan fingerprint density at radius 1 is 0.443 bits per heavy atom. The van der Waals surface area contributed by atoms with E-state index in [1.54, 1.807) is 6.92 Å². The van der Waals surface area contributed by atoms with Crippen LogP contribution in [0.5, 0.6) is 0 Å². The van der Waals surface area contributed by atoms with Gasteiger partial charge < -0.3 is 30.3 Å². The summed E-state index contributed by atoms with van der Waals surface area (Å²) in [5.74, 6) is -9.40. The molecule has 13 aliphatic rings. The number of carboxylic acid groups (broad SMARTS) is 2. The van der Waals surface area contributed by atoms with Crippen molar-refractivity contribution in [2.24, 2.45) is 172 Å². The van der Waals surface area contributed by atoms with E-state index in [1.165, 1.54) is 6.92 Å². The Balaban J connectivity index is 0.000000139. The largest absolute Gasteiger partial charge is 0.481 e. The summed E-state index contributed by atoms with van der Waals surface area (Å²) >= 11 is 0. The average molecular weight is 1300 g/mol. The molecule has 0 aromatic carbocycles. The van der Waals surface area contributed by atoms with E-state index in [2.05, 4.69) is 12.2 Å². The van der Waals surface area contributed by atoms with Gasteiger partial charge in [-0.3, -0.25) is 19.2 Å². The first-order valence-electron chi connectivity index (χ1n) is 30.7. The number of carbonyl (C=O) groups is 4. The third-order valence-corrected chi connectivity index (χ3v) is 26.5. The summed E-state index contributed by atoms with van der Waals surface area (Å²) in [7, 11) is 0. The lowest BCUT2D eigenvalue weighted by atomic mass is 9.57. The molecule has 12 bridgehead atoms. The smallest absolute Gasteiger partial charge is 0.426 e. The number of ether oxygens (including phenoxy) is 1. The van der Waals surface area contributed by atoms with Crippen molar-refractivity contribution in [1.29, 1.82) is 0 Å². The van der Waals surface area contributed by atoms with Gasteiger partial charge in [0, 0.05) is 0 Å². The van der Waals surface area contributed by atoms with Crippen molar-refractivity contribution in [3.05, 3.63) is 12.2 Å². The average Bonchev–Trinajstić information content (AvgIpc) is 1.57. The number of carbonyl (C=O) groups excluding carboxylic acids is 2. The van der Waals surface area contributed by atoms with Crippen molar-refractivity contribution in [2.75, 3.05) is 0 Å². The van der Waals surface area contributed by atoms with Gasteiger partial charge in [0.25, 0.3) is 16.8 Å². The Hall–Kier alpha value is -3.56. The fourth-order valence-corrected chi connectivity index (χ4v) is 23.5. The summed E-state index contributed by atoms with van der Waals surface area (Å²) in [4.78, 5) is 47.9. The topological polar surface area (TPSA) is 179 Å². The van der Waals surface area contributed by atoms with Crippen LogP contribution in [-0.4, -0.2) is 103 Å². The van der Waals surface area contributed by atoms with Crippen molar-refractivity contribution >= 4 is 23.9 Å². The minimum Gasteiger partial charge on any atom is -0.481 e. The number of cyclic esters (lactones) is 2. The van der Waals surface area contributed by atoms with Gasteiger partial charge in [0.15, 0.2) is 0 Å². The van der Waals surface area contributed by atoms with Gasteiger partial charge in [0.05, 0.1) is 23.7 Å². The Labute approximate surface area is 493 Å². The Morgan fingerprint density at radius 3 is 1.18 bits per heavy atom. The van der Waals surface area contributed by atoms with E-state index in [0.717, 1.165) is 19.3 Å². The zero-order valence-corrected chi connectivity index (χ0v) is 48.0. The standard InChI is InChI=1S/C22H28F6O5.C22H26F6O4.C16H18F6O/c1-7-11-5-13(14(7)15(19(31)32)8(2)18(29)30)17-12-4-9(16(11)17)3-10(12)6-20(33,21(23,24)25)22(26,27)28;1-7-11-5-13(14(7)15-8(2)18(29)32-19(15)30)17-12-4-9(16(11)17)3-10(12)6-20(31,21(23,24)25)22(26,27)28;17-15(18,19)14(23,16(20,21)22)6-10-4-9-5-11(10)13-8-2-1-7(3-8)12(9)13/h7-17,33H,3-6H2,1-2H3,(H,29,30)(H,31,32);7-17,31H,3-6H2,1-2H3;1-2,7-13,23H,3-6H2. The summed E-state index contributed by atoms with van der Waals surface area (Å²) in [6.45, 7) is 6.91. The molecule has 12 fully saturated rings. The molecule has 12 aliphatic carbocycles. The highest BCUT2D eigenvalue weighted by atomic mass is 19.4. The second-order valence-corrected chi connectivity index (χ2v) is 29.6.